The van der Waals surface area contributed by atoms with Gasteiger partial charge in [0.1, 0.15) is 5.41 Å². The van der Waals surface area contributed by atoms with Gasteiger partial charge in [-0.1, -0.05) is 36.4 Å². The zero-order chi connectivity index (χ0) is 16.2. The van der Waals surface area contributed by atoms with Gasteiger partial charge in [0.15, 0.2) is 0 Å². The molecule has 1 fully saturated rings. The van der Waals surface area contributed by atoms with E-state index in [1.165, 1.54) is 6.08 Å². The maximum absolute atomic E-state index is 12.9. The third kappa shape index (κ3) is 2.57. The zero-order valence-corrected chi connectivity index (χ0v) is 12.4. The summed E-state index contributed by atoms with van der Waals surface area (Å²) >= 11 is 0. The van der Waals surface area contributed by atoms with Gasteiger partial charge < -0.3 is 0 Å². The van der Waals surface area contributed by atoms with Gasteiger partial charge in [0.25, 0.3) is 5.91 Å². The molecule has 0 aromatic heterocycles. The van der Waals surface area contributed by atoms with E-state index in [4.69, 9.17) is 0 Å². The molecular weight excluding hydrogens is 280 g/mol. The summed E-state index contributed by atoms with van der Waals surface area (Å²) in [7, 11) is 0. The average molecular weight is 298 g/mol. The maximum atomic E-state index is 12.9. The standard InChI is InChI=1S/C17H18N2O3/c1-3-5-12-17(11-4-2)14(20)18-16(22)19(15(17)21)13-9-7-6-8-10-13/h3-10H,2,11-12H2,1H3,(H,18,20,22). The molecule has 0 radical (unpaired) electrons. The van der Waals surface area contributed by atoms with E-state index >= 15 is 0 Å². The predicted octanol–water partition coefficient (Wildman–Crippen LogP) is 2.80. The number of allylic oxidation sites excluding steroid dienone is 3. The molecule has 1 aliphatic heterocycles. The first-order valence-electron chi connectivity index (χ1n) is 7.04. The molecule has 5 heteroatoms. The summed E-state index contributed by atoms with van der Waals surface area (Å²) in [5.74, 6) is -1.10. The minimum atomic E-state index is -1.34. The molecule has 1 saturated heterocycles. The minimum absolute atomic E-state index is 0.165. The fraction of sp³-hybridized carbons (Fsp3) is 0.235. The molecule has 4 amide bonds. The first-order chi connectivity index (χ1) is 10.6. The van der Waals surface area contributed by atoms with Crippen LogP contribution in [0.15, 0.2) is 55.1 Å². The van der Waals surface area contributed by atoms with Crippen molar-refractivity contribution in [3.8, 4) is 0 Å². The third-order valence-corrected chi connectivity index (χ3v) is 3.68. The topological polar surface area (TPSA) is 66.5 Å². The highest BCUT2D eigenvalue weighted by Gasteiger charge is 2.52. The highest BCUT2D eigenvalue weighted by atomic mass is 16.2. The Morgan fingerprint density at radius 3 is 2.45 bits per heavy atom. The Morgan fingerprint density at radius 1 is 1.18 bits per heavy atom. The van der Waals surface area contributed by atoms with Crippen molar-refractivity contribution in [2.75, 3.05) is 4.90 Å². The fourth-order valence-corrected chi connectivity index (χ4v) is 2.50. The number of imide groups is 2. The van der Waals surface area contributed by atoms with Crippen LogP contribution >= 0.6 is 0 Å². The Labute approximate surface area is 129 Å². The number of anilines is 1. The van der Waals surface area contributed by atoms with E-state index in [0.717, 1.165) is 4.90 Å². The Kier molecular flexibility index (Phi) is 4.56. The highest BCUT2D eigenvalue weighted by Crippen LogP contribution is 2.35. The van der Waals surface area contributed by atoms with Crippen molar-refractivity contribution in [3.05, 3.63) is 55.1 Å². The lowest BCUT2D eigenvalue weighted by molar-refractivity contribution is -0.142. The molecule has 2 rings (SSSR count). The number of carbonyl (C=O) groups excluding carboxylic acids is 3. The van der Waals surface area contributed by atoms with E-state index in [1.807, 2.05) is 6.92 Å². The molecule has 0 bridgehead atoms. The molecule has 0 spiro atoms. The van der Waals surface area contributed by atoms with Crippen LogP contribution < -0.4 is 10.2 Å². The number of amides is 4. The number of nitrogens with zero attached hydrogens (tertiary/aromatic N) is 1. The van der Waals surface area contributed by atoms with Crippen LogP contribution in [0.2, 0.25) is 0 Å². The number of rotatable bonds is 5. The van der Waals surface area contributed by atoms with Gasteiger partial charge in [0.05, 0.1) is 5.69 Å². The van der Waals surface area contributed by atoms with Crippen LogP contribution in [0.1, 0.15) is 19.8 Å². The molecule has 1 aromatic rings. The smallest absolute Gasteiger partial charge is 0.276 e. The second kappa shape index (κ2) is 6.39. The molecule has 1 heterocycles. The van der Waals surface area contributed by atoms with Gasteiger partial charge in [-0.15, -0.1) is 6.58 Å². The molecule has 0 saturated carbocycles. The number of carbonyl (C=O) groups is 3. The van der Waals surface area contributed by atoms with Crippen molar-refractivity contribution in [1.82, 2.24) is 5.32 Å². The van der Waals surface area contributed by atoms with Crippen LogP contribution in [0, 0.1) is 5.41 Å². The Balaban J connectivity index is 2.49. The largest absolute Gasteiger partial charge is 0.335 e. The maximum Gasteiger partial charge on any atom is 0.335 e. The lowest BCUT2D eigenvalue weighted by Gasteiger charge is -2.38. The van der Waals surface area contributed by atoms with E-state index < -0.39 is 23.3 Å². The molecule has 5 nitrogen and oxygen atoms in total. The normalized spacial score (nSPS) is 22.0. The van der Waals surface area contributed by atoms with Crippen LogP contribution in [0.3, 0.4) is 0 Å². The van der Waals surface area contributed by atoms with Crippen LogP contribution in [0.25, 0.3) is 0 Å². The van der Waals surface area contributed by atoms with Crippen molar-refractivity contribution in [3.63, 3.8) is 0 Å². The van der Waals surface area contributed by atoms with Crippen LogP contribution in [0.5, 0.6) is 0 Å². The molecular formula is C17H18N2O3. The number of benzene rings is 1. The van der Waals surface area contributed by atoms with Crippen molar-refractivity contribution in [2.24, 2.45) is 5.41 Å². The van der Waals surface area contributed by atoms with E-state index in [-0.39, 0.29) is 12.8 Å². The second-order valence-corrected chi connectivity index (χ2v) is 5.08. The number of hydrogen-bond donors (Lipinski definition) is 1. The summed E-state index contributed by atoms with van der Waals surface area (Å²) in [6.45, 7) is 5.45. The molecule has 1 unspecified atom stereocenters. The Hall–Kier alpha value is -2.69. The van der Waals surface area contributed by atoms with Gasteiger partial charge in [-0.2, -0.15) is 0 Å². The minimum Gasteiger partial charge on any atom is -0.276 e. The number of hydrogen-bond acceptors (Lipinski definition) is 3. The van der Waals surface area contributed by atoms with Crippen LogP contribution in [-0.2, 0) is 9.59 Å². The SMILES string of the molecule is C=CCC1(CC=CC)C(=O)NC(=O)N(c2ccccc2)C1=O. The highest BCUT2D eigenvalue weighted by molar-refractivity contribution is 6.30. The Bertz CT molecular complexity index is 637. The van der Waals surface area contributed by atoms with Crippen LogP contribution in [0.4, 0.5) is 10.5 Å². The first-order valence-corrected chi connectivity index (χ1v) is 7.04. The first kappa shape index (κ1) is 15.7. The lowest BCUT2D eigenvalue weighted by atomic mass is 9.77. The number of urea groups is 1. The number of para-hydroxylation sites is 1. The molecule has 1 atom stereocenters. The van der Waals surface area contributed by atoms with Crippen molar-refractivity contribution in [1.29, 1.82) is 0 Å². The van der Waals surface area contributed by atoms with Crippen molar-refractivity contribution < 1.29 is 14.4 Å². The third-order valence-electron chi connectivity index (χ3n) is 3.68. The summed E-state index contributed by atoms with van der Waals surface area (Å²) in [6.07, 6.45) is 5.43. The molecule has 1 aliphatic rings. The van der Waals surface area contributed by atoms with Gasteiger partial charge in [0.2, 0.25) is 5.91 Å². The van der Waals surface area contributed by atoms with E-state index in [0.29, 0.717) is 5.69 Å². The zero-order valence-electron chi connectivity index (χ0n) is 12.4. The van der Waals surface area contributed by atoms with Crippen molar-refractivity contribution >= 4 is 23.5 Å². The molecule has 1 aromatic carbocycles. The average Bonchev–Trinajstić information content (AvgIpc) is 2.51. The number of barbiturate groups is 1. The molecule has 0 aliphatic carbocycles. The fourth-order valence-electron chi connectivity index (χ4n) is 2.50. The quantitative estimate of drug-likeness (QED) is 0.671. The lowest BCUT2D eigenvalue weighted by Crippen LogP contribution is -2.64. The Morgan fingerprint density at radius 2 is 1.86 bits per heavy atom. The van der Waals surface area contributed by atoms with Gasteiger partial charge in [-0.3, -0.25) is 14.9 Å². The van der Waals surface area contributed by atoms with Gasteiger partial charge in [-0.25, -0.2) is 9.69 Å². The van der Waals surface area contributed by atoms with Gasteiger partial charge >= 0.3 is 6.03 Å². The summed E-state index contributed by atoms with van der Waals surface area (Å²) in [4.78, 5) is 38.4. The summed E-state index contributed by atoms with van der Waals surface area (Å²) in [6, 6.07) is 7.84. The van der Waals surface area contributed by atoms with E-state index in [9.17, 15) is 14.4 Å². The molecule has 1 N–H and O–H groups in total. The van der Waals surface area contributed by atoms with Gasteiger partial charge in [0, 0.05) is 0 Å². The van der Waals surface area contributed by atoms with Gasteiger partial charge in [-0.05, 0) is 31.9 Å². The second-order valence-electron chi connectivity index (χ2n) is 5.08. The molecule has 22 heavy (non-hydrogen) atoms. The molecule has 114 valence electrons. The van der Waals surface area contributed by atoms with E-state index in [2.05, 4.69) is 11.9 Å². The van der Waals surface area contributed by atoms with Crippen molar-refractivity contribution in [2.45, 2.75) is 19.8 Å². The predicted molar refractivity (Wildman–Crippen MR) is 84.1 cm³/mol. The monoisotopic (exact) mass is 298 g/mol. The summed E-state index contributed by atoms with van der Waals surface area (Å²) in [5.41, 5.74) is -0.899. The van der Waals surface area contributed by atoms with Crippen LogP contribution in [-0.4, -0.2) is 17.8 Å². The number of nitrogens with one attached hydrogen (secondary N) is 1. The summed E-state index contributed by atoms with van der Waals surface area (Å²) < 4.78 is 0. The summed E-state index contributed by atoms with van der Waals surface area (Å²) in [5, 5.41) is 2.29. The van der Waals surface area contributed by atoms with E-state index in [1.54, 1.807) is 42.5 Å².